The summed E-state index contributed by atoms with van der Waals surface area (Å²) in [4.78, 5) is 19.8. The van der Waals surface area contributed by atoms with Gasteiger partial charge in [-0.2, -0.15) is 0 Å². The Labute approximate surface area is 180 Å². The lowest BCUT2D eigenvalue weighted by atomic mass is 10.1. The van der Waals surface area contributed by atoms with Crippen LogP contribution in [0.3, 0.4) is 0 Å². The molecule has 5 nitrogen and oxygen atoms in total. The van der Waals surface area contributed by atoms with E-state index in [2.05, 4.69) is 26.9 Å². The zero-order valence-electron chi connectivity index (χ0n) is 16.8. The highest BCUT2D eigenvalue weighted by Crippen LogP contribution is 2.19. The van der Waals surface area contributed by atoms with Gasteiger partial charge in [0.1, 0.15) is 5.82 Å². The molecule has 3 rings (SSSR count). The minimum Gasteiger partial charge on any atom is -0.369 e. The predicted octanol–water partition coefficient (Wildman–Crippen LogP) is 2.78. The third-order valence-corrected chi connectivity index (χ3v) is 5.63. The SMILES string of the molecule is CCCN(C(=O)C(C)N1CCN(c2ccc(F)cc2)CC1)C1CCNC1.Cl.Cl. The summed E-state index contributed by atoms with van der Waals surface area (Å²) in [7, 11) is 0. The highest BCUT2D eigenvalue weighted by molar-refractivity contribution is 5.85. The Morgan fingerprint density at radius 1 is 1.21 bits per heavy atom. The van der Waals surface area contributed by atoms with Crippen molar-refractivity contribution in [2.75, 3.05) is 50.7 Å². The van der Waals surface area contributed by atoms with Gasteiger partial charge in [-0.1, -0.05) is 6.92 Å². The summed E-state index contributed by atoms with van der Waals surface area (Å²) in [5, 5.41) is 3.37. The zero-order valence-corrected chi connectivity index (χ0v) is 18.4. The van der Waals surface area contributed by atoms with Gasteiger partial charge in [-0.25, -0.2) is 4.39 Å². The van der Waals surface area contributed by atoms with Gasteiger partial charge in [0.15, 0.2) is 0 Å². The number of carbonyl (C=O) groups excluding carboxylic acids is 1. The highest BCUT2D eigenvalue weighted by Gasteiger charge is 2.32. The van der Waals surface area contributed by atoms with Crippen LogP contribution in [-0.4, -0.2) is 73.6 Å². The molecule has 1 amide bonds. The minimum absolute atomic E-state index is 0. The van der Waals surface area contributed by atoms with E-state index in [1.807, 2.05) is 19.1 Å². The number of benzene rings is 1. The van der Waals surface area contributed by atoms with Crippen LogP contribution in [0, 0.1) is 5.82 Å². The average molecular weight is 435 g/mol. The van der Waals surface area contributed by atoms with Gasteiger partial charge in [0.05, 0.1) is 6.04 Å². The fraction of sp³-hybridized carbons (Fsp3) is 0.650. The van der Waals surface area contributed by atoms with Crippen molar-refractivity contribution >= 4 is 36.4 Å². The molecule has 2 aliphatic heterocycles. The van der Waals surface area contributed by atoms with Gasteiger partial charge in [-0.05, 0) is 50.6 Å². The molecule has 0 spiro atoms. The Balaban J connectivity index is 0.00000196. The second kappa shape index (κ2) is 11.8. The molecule has 0 radical (unpaired) electrons. The van der Waals surface area contributed by atoms with E-state index >= 15 is 0 Å². The van der Waals surface area contributed by atoms with E-state index in [0.717, 1.165) is 64.3 Å². The van der Waals surface area contributed by atoms with Crippen LogP contribution in [0.2, 0.25) is 0 Å². The molecule has 2 unspecified atom stereocenters. The number of piperazine rings is 1. The van der Waals surface area contributed by atoms with Crippen molar-refractivity contribution in [1.29, 1.82) is 0 Å². The second-order valence-corrected chi connectivity index (χ2v) is 7.35. The van der Waals surface area contributed by atoms with Gasteiger partial charge in [0.2, 0.25) is 5.91 Å². The van der Waals surface area contributed by atoms with Gasteiger partial charge in [0, 0.05) is 51.0 Å². The molecule has 1 aromatic rings. The molecule has 160 valence electrons. The van der Waals surface area contributed by atoms with Crippen LogP contribution in [0.4, 0.5) is 10.1 Å². The first-order valence-electron chi connectivity index (χ1n) is 9.86. The molecular formula is C20H33Cl2FN4O. The van der Waals surface area contributed by atoms with E-state index in [-0.39, 0.29) is 42.6 Å². The van der Waals surface area contributed by atoms with Crippen molar-refractivity contribution in [2.45, 2.75) is 38.8 Å². The van der Waals surface area contributed by atoms with Crippen molar-refractivity contribution in [2.24, 2.45) is 0 Å². The largest absolute Gasteiger partial charge is 0.369 e. The Bertz CT molecular complexity index is 590. The van der Waals surface area contributed by atoms with Crippen LogP contribution >= 0.6 is 24.8 Å². The second-order valence-electron chi connectivity index (χ2n) is 7.35. The number of carbonyl (C=O) groups is 1. The first-order chi connectivity index (χ1) is 12.6. The van der Waals surface area contributed by atoms with Crippen molar-refractivity contribution in [1.82, 2.24) is 15.1 Å². The lowest BCUT2D eigenvalue weighted by molar-refractivity contribution is -0.138. The van der Waals surface area contributed by atoms with Crippen LogP contribution in [0.25, 0.3) is 0 Å². The summed E-state index contributed by atoms with van der Waals surface area (Å²) in [5.74, 6) is 0.0554. The number of nitrogens with one attached hydrogen (secondary N) is 1. The quantitative estimate of drug-likeness (QED) is 0.746. The number of halogens is 3. The smallest absolute Gasteiger partial charge is 0.239 e. The predicted molar refractivity (Wildman–Crippen MR) is 117 cm³/mol. The third-order valence-electron chi connectivity index (χ3n) is 5.63. The molecular weight excluding hydrogens is 402 g/mol. The summed E-state index contributed by atoms with van der Waals surface area (Å²) < 4.78 is 13.1. The van der Waals surface area contributed by atoms with Crippen LogP contribution in [0.5, 0.6) is 0 Å². The van der Waals surface area contributed by atoms with Gasteiger partial charge in [0.25, 0.3) is 0 Å². The van der Waals surface area contributed by atoms with E-state index in [1.165, 1.54) is 12.1 Å². The molecule has 8 heteroatoms. The summed E-state index contributed by atoms with van der Waals surface area (Å²) in [6.45, 7) is 10.4. The molecule has 2 saturated heterocycles. The van der Waals surface area contributed by atoms with E-state index in [1.54, 1.807) is 0 Å². The first kappa shape index (κ1) is 25.0. The van der Waals surface area contributed by atoms with E-state index in [9.17, 15) is 9.18 Å². The average Bonchev–Trinajstić information content (AvgIpc) is 3.20. The molecule has 2 heterocycles. The fourth-order valence-electron chi connectivity index (χ4n) is 4.03. The maximum atomic E-state index is 13.1. The molecule has 0 saturated carbocycles. The van der Waals surface area contributed by atoms with Crippen molar-refractivity contribution in [3.05, 3.63) is 30.1 Å². The maximum absolute atomic E-state index is 13.1. The van der Waals surface area contributed by atoms with Crippen LogP contribution in [0.15, 0.2) is 24.3 Å². The fourth-order valence-corrected chi connectivity index (χ4v) is 4.03. The number of hydrogen-bond acceptors (Lipinski definition) is 4. The Hall–Kier alpha value is -1.08. The molecule has 2 atom stereocenters. The van der Waals surface area contributed by atoms with Gasteiger partial charge in [-0.3, -0.25) is 9.69 Å². The van der Waals surface area contributed by atoms with Crippen molar-refractivity contribution < 1.29 is 9.18 Å². The van der Waals surface area contributed by atoms with Gasteiger partial charge in [-0.15, -0.1) is 24.8 Å². The summed E-state index contributed by atoms with van der Waals surface area (Å²) in [5.41, 5.74) is 1.05. The van der Waals surface area contributed by atoms with E-state index in [0.29, 0.717) is 6.04 Å². The summed E-state index contributed by atoms with van der Waals surface area (Å²) >= 11 is 0. The van der Waals surface area contributed by atoms with E-state index in [4.69, 9.17) is 0 Å². The number of anilines is 1. The number of rotatable bonds is 6. The molecule has 2 aliphatic rings. The number of amides is 1. The van der Waals surface area contributed by atoms with Crippen LogP contribution < -0.4 is 10.2 Å². The highest BCUT2D eigenvalue weighted by atomic mass is 35.5. The molecule has 28 heavy (non-hydrogen) atoms. The molecule has 0 aliphatic carbocycles. The molecule has 0 bridgehead atoms. The summed E-state index contributed by atoms with van der Waals surface area (Å²) in [6, 6.07) is 6.92. The molecule has 0 aromatic heterocycles. The normalized spacial score (nSPS) is 20.8. The molecule has 1 aromatic carbocycles. The standard InChI is InChI=1S/C20H31FN4O.2ClH/c1-3-10-25(19-8-9-22-15-19)20(26)16(2)23-11-13-24(14-12-23)18-6-4-17(21)5-7-18;;/h4-7,16,19,22H,3,8-15H2,1-2H3;2*1H. The van der Waals surface area contributed by atoms with Gasteiger partial charge < -0.3 is 15.1 Å². The minimum atomic E-state index is -0.205. The Kier molecular flexibility index (Phi) is 10.5. The Morgan fingerprint density at radius 3 is 2.39 bits per heavy atom. The zero-order chi connectivity index (χ0) is 18.5. The summed E-state index contributed by atoms with van der Waals surface area (Å²) in [6.07, 6.45) is 2.05. The molecule has 1 N–H and O–H groups in total. The monoisotopic (exact) mass is 434 g/mol. The first-order valence-corrected chi connectivity index (χ1v) is 9.86. The van der Waals surface area contributed by atoms with Crippen molar-refractivity contribution in [3.8, 4) is 0 Å². The Morgan fingerprint density at radius 2 is 1.86 bits per heavy atom. The van der Waals surface area contributed by atoms with Crippen LogP contribution in [-0.2, 0) is 4.79 Å². The third kappa shape index (κ3) is 5.96. The van der Waals surface area contributed by atoms with Crippen LogP contribution in [0.1, 0.15) is 26.7 Å². The maximum Gasteiger partial charge on any atom is 0.239 e. The van der Waals surface area contributed by atoms with Gasteiger partial charge >= 0.3 is 0 Å². The topological polar surface area (TPSA) is 38.8 Å². The number of nitrogens with zero attached hydrogens (tertiary/aromatic N) is 3. The molecule has 2 fully saturated rings. The van der Waals surface area contributed by atoms with Crippen molar-refractivity contribution in [3.63, 3.8) is 0 Å². The lowest BCUT2D eigenvalue weighted by Crippen LogP contribution is -2.56. The number of hydrogen-bond donors (Lipinski definition) is 1. The van der Waals surface area contributed by atoms with E-state index < -0.39 is 0 Å². The lowest BCUT2D eigenvalue weighted by Gasteiger charge is -2.40.